The molecule has 1 aromatic rings. The van der Waals surface area contributed by atoms with Gasteiger partial charge in [-0.25, -0.2) is 8.42 Å². The summed E-state index contributed by atoms with van der Waals surface area (Å²) in [4.78, 5) is 0. The molecule has 116 valence electrons. The van der Waals surface area contributed by atoms with Gasteiger partial charge in [0, 0.05) is 26.2 Å². The number of hydrogen-bond acceptors (Lipinski definition) is 4. The maximum Gasteiger partial charge on any atom is 0.262 e. The Morgan fingerprint density at radius 3 is 2.70 bits per heavy atom. The van der Waals surface area contributed by atoms with E-state index in [1.807, 2.05) is 6.92 Å². The third-order valence-electron chi connectivity index (χ3n) is 3.70. The Hall–Kier alpha value is -0.340. The molecule has 2 atom stereocenters. The molecule has 2 heterocycles. The Labute approximate surface area is 130 Å². The average molecular weight is 343 g/mol. The molecule has 1 saturated heterocycles. The normalized spacial score (nSPS) is 24.4. The van der Waals surface area contributed by atoms with Gasteiger partial charge in [-0.05, 0) is 18.8 Å². The molecule has 0 spiro atoms. The van der Waals surface area contributed by atoms with E-state index in [0.29, 0.717) is 13.1 Å². The predicted molar refractivity (Wildman–Crippen MR) is 80.6 cm³/mol. The monoisotopic (exact) mass is 342 g/mol. The minimum absolute atomic E-state index is 0. The molecule has 2 rings (SSSR count). The number of nitrogens with two attached hydrogens (primary N) is 1. The van der Waals surface area contributed by atoms with Crippen molar-refractivity contribution < 1.29 is 8.42 Å². The first kappa shape index (κ1) is 17.7. The predicted octanol–water partition coefficient (Wildman–Crippen LogP) is 1.24. The topological polar surface area (TPSA) is 81.2 Å². The molecule has 2 unspecified atom stereocenters. The molecule has 0 amide bonds. The molecular formula is C11H20Cl2N4O2S. The van der Waals surface area contributed by atoms with Gasteiger partial charge in [0.2, 0.25) is 0 Å². The molecule has 0 aromatic carbocycles. The van der Waals surface area contributed by atoms with Crippen molar-refractivity contribution in [3.05, 3.63) is 11.2 Å². The fraction of sp³-hybridized carbons (Fsp3) is 0.727. The van der Waals surface area contributed by atoms with Gasteiger partial charge >= 0.3 is 0 Å². The summed E-state index contributed by atoms with van der Waals surface area (Å²) in [6.45, 7) is 2.83. The molecule has 0 saturated carbocycles. The lowest BCUT2D eigenvalue weighted by Crippen LogP contribution is -2.51. The SMILES string of the molecule is CC1CCCN(S(=O)(=O)c2c(Cl)cnn2C)C1CN.Cl. The van der Waals surface area contributed by atoms with E-state index in [0.717, 1.165) is 12.8 Å². The number of nitrogens with zero attached hydrogens (tertiary/aromatic N) is 3. The highest BCUT2D eigenvalue weighted by Crippen LogP contribution is 2.31. The van der Waals surface area contributed by atoms with E-state index in [1.54, 1.807) is 7.05 Å². The number of piperidine rings is 1. The first-order valence-electron chi connectivity index (χ1n) is 6.29. The van der Waals surface area contributed by atoms with Gasteiger partial charge in [-0.2, -0.15) is 9.40 Å². The molecule has 9 heteroatoms. The summed E-state index contributed by atoms with van der Waals surface area (Å²) in [5.41, 5.74) is 5.75. The number of hydrogen-bond donors (Lipinski definition) is 1. The van der Waals surface area contributed by atoms with E-state index >= 15 is 0 Å². The quantitative estimate of drug-likeness (QED) is 0.895. The van der Waals surface area contributed by atoms with Crippen LogP contribution in [-0.4, -0.2) is 41.6 Å². The number of aromatic nitrogens is 2. The highest BCUT2D eigenvalue weighted by molar-refractivity contribution is 7.89. The summed E-state index contributed by atoms with van der Waals surface area (Å²) in [6.07, 6.45) is 3.18. The molecule has 1 aliphatic heterocycles. The smallest absolute Gasteiger partial charge is 0.262 e. The van der Waals surface area contributed by atoms with Crippen LogP contribution >= 0.6 is 24.0 Å². The summed E-state index contributed by atoms with van der Waals surface area (Å²) >= 11 is 5.96. The summed E-state index contributed by atoms with van der Waals surface area (Å²) in [7, 11) is -2.08. The molecule has 6 nitrogen and oxygen atoms in total. The Kier molecular flexibility index (Phi) is 5.86. The van der Waals surface area contributed by atoms with Gasteiger partial charge in [-0.15, -0.1) is 12.4 Å². The minimum atomic E-state index is -3.65. The highest BCUT2D eigenvalue weighted by atomic mass is 35.5. The Balaban J connectivity index is 0.00000200. The second kappa shape index (κ2) is 6.62. The lowest BCUT2D eigenvalue weighted by Gasteiger charge is -2.38. The van der Waals surface area contributed by atoms with Crippen LogP contribution in [0.1, 0.15) is 19.8 Å². The Morgan fingerprint density at radius 1 is 1.55 bits per heavy atom. The van der Waals surface area contributed by atoms with Crippen molar-refractivity contribution in [1.29, 1.82) is 0 Å². The maximum atomic E-state index is 12.7. The van der Waals surface area contributed by atoms with Crippen molar-refractivity contribution >= 4 is 34.0 Å². The van der Waals surface area contributed by atoms with Crippen molar-refractivity contribution in [2.24, 2.45) is 18.7 Å². The van der Waals surface area contributed by atoms with E-state index in [9.17, 15) is 8.42 Å². The fourth-order valence-electron chi connectivity index (χ4n) is 2.66. The number of sulfonamides is 1. The number of halogens is 2. The van der Waals surface area contributed by atoms with Crippen LogP contribution in [0.2, 0.25) is 5.02 Å². The van der Waals surface area contributed by atoms with Gasteiger partial charge in [-0.1, -0.05) is 18.5 Å². The van der Waals surface area contributed by atoms with E-state index in [2.05, 4.69) is 5.10 Å². The standard InChI is InChI=1S/C11H19ClN4O2S.ClH/c1-8-4-3-5-16(10(8)6-13)19(17,18)11-9(12)7-14-15(11)2;/h7-8,10H,3-6,13H2,1-2H3;1H. The van der Waals surface area contributed by atoms with Crippen molar-refractivity contribution in [2.75, 3.05) is 13.1 Å². The van der Waals surface area contributed by atoms with Gasteiger partial charge < -0.3 is 5.73 Å². The highest BCUT2D eigenvalue weighted by Gasteiger charge is 2.38. The van der Waals surface area contributed by atoms with Crippen LogP contribution in [0.5, 0.6) is 0 Å². The van der Waals surface area contributed by atoms with Gasteiger partial charge in [0.1, 0.15) is 0 Å². The zero-order valence-electron chi connectivity index (χ0n) is 11.5. The Bertz CT molecular complexity index is 541. The zero-order chi connectivity index (χ0) is 14.2. The average Bonchev–Trinajstić information content (AvgIpc) is 2.69. The first-order chi connectivity index (χ1) is 8.89. The summed E-state index contributed by atoms with van der Waals surface area (Å²) in [6, 6.07) is -0.176. The lowest BCUT2D eigenvalue weighted by atomic mass is 9.93. The third-order valence-corrected chi connectivity index (χ3v) is 6.13. The first-order valence-corrected chi connectivity index (χ1v) is 8.10. The zero-order valence-corrected chi connectivity index (χ0v) is 13.9. The van der Waals surface area contributed by atoms with Crippen molar-refractivity contribution in [2.45, 2.75) is 30.8 Å². The van der Waals surface area contributed by atoms with Crippen molar-refractivity contribution in [3.63, 3.8) is 0 Å². The van der Waals surface area contributed by atoms with Gasteiger partial charge in [0.15, 0.2) is 5.03 Å². The lowest BCUT2D eigenvalue weighted by molar-refractivity contribution is 0.191. The summed E-state index contributed by atoms with van der Waals surface area (Å²) in [5.74, 6) is 0.250. The van der Waals surface area contributed by atoms with Crippen molar-refractivity contribution in [1.82, 2.24) is 14.1 Å². The fourth-order valence-corrected chi connectivity index (χ4v) is 5.04. The van der Waals surface area contributed by atoms with Gasteiger partial charge in [0.05, 0.1) is 11.2 Å². The van der Waals surface area contributed by atoms with Crippen LogP contribution in [0.4, 0.5) is 0 Å². The molecule has 1 aliphatic rings. The molecule has 0 aliphatic carbocycles. The largest absolute Gasteiger partial charge is 0.329 e. The molecule has 2 N–H and O–H groups in total. The van der Waals surface area contributed by atoms with E-state index < -0.39 is 10.0 Å². The van der Waals surface area contributed by atoms with Crippen LogP contribution in [0.15, 0.2) is 11.2 Å². The number of aryl methyl sites for hydroxylation is 1. The molecule has 1 fully saturated rings. The summed E-state index contributed by atoms with van der Waals surface area (Å²) in [5, 5.41) is 4.09. The molecule has 1 aromatic heterocycles. The van der Waals surface area contributed by atoms with Crippen molar-refractivity contribution in [3.8, 4) is 0 Å². The molecular weight excluding hydrogens is 323 g/mol. The maximum absolute atomic E-state index is 12.7. The summed E-state index contributed by atoms with van der Waals surface area (Å²) < 4.78 is 28.2. The van der Waals surface area contributed by atoms with Gasteiger partial charge in [0.25, 0.3) is 10.0 Å². The van der Waals surface area contributed by atoms with E-state index in [-0.39, 0.29) is 34.4 Å². The molecule has 0 bridgehead atoms. The Morgan fingerprint density at radius 2 is 2.20 bits per heavy atom. The second-order valence-corrected chi connectivity index (χ2v) is 7.17. The van der Waals surface area contributed by atoms with E-state index in [1.165, 1.54) is 15.2 Å². The number of rotatable bonds is 3. The second-order valence-electron chi connectivity index (χ2n) is 4.96. The van der Waals surface area contributed by atoms with Crippen LogP contribution in [0.25, 0.3) is 0 Å². The van der Waals surface area contributed by atoms with E-state index in [4.69, 9.17) is 17.3 Å². The van der Waals surface area contributed by atoms with Crippen LogP contribution in [-0.2, 0) is 17.1 Å². The van der Waals surface area contributed by atoms with Crippen LogP contribution < -0.4 is 5.73 Å². The van der Waals surface area contributed by atoms with Crippen LogP contribution in [0.3, 0.4) is 0 Å². The third kappa shape index (κ3) is 2.96. The minimum Gasteiger partial charge on any atom is -0.329 e. The van der Waals surface area contributed by atoms with Gasteiger partial charge in [-0.3, -0.25) is 4.68 Å². The molecule has 20 heavy (non-hydrogen) atoms. The van der Waals surface area contributed by atoms with Crippen LogP contribution in [0, 0.1) is 5.92 Å². The molecule has 0 radical (unpaired) electrons.